The van der Waals surface area contributed by atoms with E-state index in [1.54, 1.807) is 49.8 Å². The minimum Gasteiger partial charge on any atom is -0.323 e. The Morgan fingerprint density at radius 1 is 1.17 bits per heavy atom. The smallest absolute Gasteiger partial charge is 0.322 e. The van der Waals surface area contributed by atoms with Crippen molar-refractivity contribution in [3.8, 4) is 5.69 Å². The second kappa shape index (κ2) is 7.67. The summed E-state index contributed by atoms with van der Waals surface area (Å²) >= 11 is 0. The molecule has 3 N–H and O–H groups in total. The summed E-state index contributed by atoms with van der Waals surface area (Å²) in [7, 11) is 0. The van der Waals surface area contributed by atoms with Gasteiger partial charge in [-0.15, -0.1) is 0 Å². The lowest BCUT2D eigenvalue weighted by Gasteiger charge is -2.21. The summed E-state index contributed by atoms with van der Waals surface area (Å²) in [6.07, 6.45) is 8.43. The van der Waals surface area contributed by atoms with Gasteiger partial charge < -0.3 is 15.2 Å². The number of amides is 4. The number of hydrogen-bond acceptors (Lipinski definition) is 4. The van der Waals surface area contributed by atoms with Crippen LogP contribution in [-0.2, 0) is 15.1 Å². The molecule has 0 radical (unpaired) electrons. The summed E-state index contributed by atoms with van der Waals surface area (Å²) in [5.74, 6) is -0.745. The van der Waals surface area contributed by atoms with Gasteiger partial charge in [0.2, 0.25) is 5.91 Å². The third kappa shape index (κ3) is 3.83. The molecule has 0 aliphatic carbocycles. The Morgan fingerprint density at radius 2 is 1.97 bits per heavy atom. The second-order valence-corrected chi connectivity index (χ2v) is 7.00. The number of carbonyl (C=O) groups excluding carboxylic acids is 3. The molecule has 0 bridgehead atoms. The molecule has 4 amide bonds. The van der Waals surface area contributed by atoms with Crippen LogP contribution in [0.5, 0.6) is 0 Å². The van der Waals surface area contributed by atoms with E-state index in [4.69, 9.17) is 0 Å². The van der Waals surface area contributed by atoms with Crippen molar-refractivity contribution in [1.29, 1.82) is 0 Å². The number of imide groups is 1. The fourth-order valence-corrected chi connectivity index (χ4v) is 3.18. The minimum absolute atomic E-state index is 0.309. The largest absolute Gasteiger partial charge is 0.323 e. The predicted octanol–water partition coefficient (Wildman–Crippen LogP) is 2.58. The number of benzene rings is 2. The zero-order valence-corrected chi connectivity index (χ0v) is 16.1. The second-order valence-electron chi connectivity index (χ2n) is 7.00. The van der Waals surface area contributed by atoms with Crippen LogP contribution in [0, 0.1) is 0 Å². The van der Waals surface area contributed by atoms with E-state index in [1.165, 1.54) is 6.08 Å². The van der Waals surface area contributed by atoms with Crippen LogP contribution in [-0.4, -0.2) is 27.4 Å². The van der Waals surface area contributed by atoms with E-state index in [1.807, 2.05) is 35.0 Å². The fourth-order valence-electron chi connectivity index (χ4n) is 3.18. The molecule has 1 aliphatic heterocycles. The van der Waals surface area contributed by atoms with Crippen LogP contribution in [0.2, 0.25) is 0 Å². The average molecular weight is 401 g/mol. The third-order valence-electron chi connectivity index (χ3n) is 4.87. The molecular weight excluding hydrogens is 382 g/mol. The molecule has 8 heteroatoms. The Kier molecular flexibility index (Phi) is 4.89. The lowest BCUT2D eigenvalue weighted by molar-refractivity contribution is -0.123. The monoisotopic (exact) mass is 401 g/mol. The van der Waals surface area contributed by atoms with Crippen molar-refractivity contribution in [2.75, 3.05) is 5.32 Å². The number of nitrogens with zero attached hydrogens (tertiary/aromatic N) is 2. The highest BCUT2D eigenvalue weighted by atomic mass is 16.2. The molecule has 1 fully saturated rings. The molecule has 1 aliphatic rings. The summed E-state index contributed by atoms with van der Waals surface area (Å²) in [5.41, 5.74) is 1.77. The molecule has 1 saturated heterocycles. The van der Waals surface area contributed by atoms with Crippen molar-refractivity contribution in [3.05, 3.63) is 84.5 Å². The van der Waals surface area contributed by atoms with Gasteiger partial charge >= 0.3 is 6.03 Å². The van der Waals surface area contributed by atoms with Crippen molar-refractivity contribution in [2.45, 2.75) is 12.5 Å². The number of imidazole rings is 1. The number of aromatic nitrogens is 2. The number of rotatable bonds is 5. The van der Waals surface area contributed by atoms with Crippen LogP contribution in [0.4, 0.5) is 10.5 Å². The summed E-state index contributed by atoms with van der Waals surface area (Å²) in [5, 5.41) is 7.60. The Labute approximate surface area is 172 Å². The molecule has 8 nitrogen and oxygen atoms in total. The Bertz CT molecular complexity index is 1140. The molecule has 2 aromatic carbocycles. The highest BCUT2D eigenvalue weighted by molar-refractivity contribution is 6.07. The van der Waals surface area contributed by atoms with Crippen LogP contribution < -0.4 is 16.0 Å². The van der Waals surface area contributed by atoms with Gasteiger partial charge in [-0.3, -0.25) is 14.9 Å². The first-order chi connectivity index (χ1) is 14.4. The van der Waals surface area contributed by atoms with Gasteiger partial charge in [0.1, 0.15) is 5.54 Å². The average Bonchev–Trinajstić information content (AvgIpc) is 3.36. The van der Waals surface area contributed by atoms with Gasteiger partial charge in [-0.05, 0) is 48.4 Å². The normalized spacial score (nSPS) is 18.3. The van der Waals surface area contributed by atoms with Crippen molar-refractivity contribution in [1.82, 2.24) is 20.2 Å². The zero-order chi connectivity index (χ0) is 21.1. The molecule has 30 heavy (non-hydrogen) atoms. The van der Waals surface area contributed by atoms with Gasteiger partial charge in [0.25, 0.3) is 5.91 Å². The van der Waals surface area contributed by atoms with E-state index in [0.717, 1.165) is 11.3 Å². The minimum atomic E-state index is -1.18. The van der Waals surface area contributed by atoms with Crippen LogP contribution in [0.3, 0.4) is 0 Å². The van der Waals surface area contributed by atoms with Crippen molar-refractivity contribution >= 4 is 29.6 Å². The summed E-state index contributed by atoms with van der Waals surface area (Å²) in [4.78, 5) is 39.9. The number of anilines is 1. The van der Waals surface area contributed by atoms with Gasteiger partial charge in [0.15, 0.2) is 0 Å². The van der Waals surface area contributed by atoms with E-state index >= 15 is 0 Å². The fraction of sp³-hybridized carbons (Fsp3) is 0.0909. The van der Waals surface area contributed by atoms with E-state index in [9.17, 15) is 14.4 Å². The Hall–Kier alpha value is -4.20. The summed E-state index contributed by atoms with van der Waals surface area (Å²) < 4.78 is 1.89. The molecule has 4 rings (SSSR count). The van der Waals surface area contributed by atoms with Crippen LogP contribution >= 0.6 is 0 Å². The standard InChI is InChI=1S/C22H19N5O3/c1-22(20(29)25-21(30)26-22)16-3-2-4-17(13-16)24-19(28)10-7-15-5-8-18(9-6-15)27-12-11-23-14-27/h2-14H,1H3,(H,24,28)(H2,25,26,29,30)/b10-7+. The maximum absolute atomic E-state index is 12.3. The summed E-state index contributed by atoms with van der Waals surface area (Å²) in [6, 6.07) is 14.0. The molecule has 150 valence electrons. The molecule has 1 atom stereocenters. The van der Waals surface area contributed by atoms with Crippen molar-refractivity contribution < 1.29 is 14.4 Å². The molecular formula is C22H19N5O3. The van der Waals surface area contributed by atoms with Crippen molar-refractivity contribution in [3.63, 3.8) is 0 Å². The van der Waals surface area contributed by atoms with Crippen LogP contribution in [0.15, 0.2) is 73.3 Å². The Morgan fingerprint density at radius 3 is 2.63 bits per heavy atom. The number of urea groups is 1. The molecule has 2 heterocycles. The number of carbonyl (C=O) groups is 3. The van der Waals surface area contributed by atoms with Crippen LogP contribution in [0.1, 0.15) is 18.1 Å². The van der Waals surface area contributed by atoms with Gasteiger partial charge in [-0.1, -0.05) is 24.3 Å². The van der Waals surface area contributed by atoms with E-state index in [0.29, 0.717) is 11.3 Å². The molecule has 0 saturated carbocycles. The lowest BCUT2D eigenvalue weighted by atomic mass is 9.92. The maximum atomic E-state index is 12.3. The predicted molar refractivity (Wildman–Crippen MR) is 112 cm³/mol. The van der Waals surface area contributed by atoms with E-state index in [2.05, 4.69) is 20.9 Å². The van der Waals surface area contributed by atoms with E-state index < -0.39 is 17.5 Å². The number of hydrogen-bond donors (Lipinski definition) is 3. The van der Waals surface area contributed by atoms with Crippen LogP contribution in [0.25, 0.3) is 11.8 Å². The topological polar surface area (TPSA) is 105 Å². The molecule has 0 spiro atoms. The van der Waals surface area contributed by atoms with Crippen molar-refractivity contribution in [2.24, 2.45) is 0 Å². The highest BCUT2D eigenvalue weighted by Gasteiger charge is 2.43. The van der Waals surface area contributed by atoms with Gasteiger partial charge in [-0.2, -0.15) is 0 Å². The first-order valence-electron chi connectivity index (χ1n) is 9.26. The SMILES string of the molecule is CC1(c2cccc(NC(=O)/C=C/c3ccc(-n4ccnc4)cc3)c2)NC(=O)NC1=O. The zero-order valence-electron chi connectivity index (χ0n) is 16.1. The third-order valence-corrected chi connectivity index (χ3v) is 4.87. The quantitative estimate of drug-likeness (QED) is 0.451. The van der Waals surface area contributed by atoms with Gasteiger partial charge in [0.05, 0.1) is 6.33 Å². The first-order valence-corrected chi connectivity index (χ1v) is 9.26. The van der Waals surface area contributed by atoms with Gasteiger partial charge in [-0.25, -0.2) is 9.78 Å². The number of nitrogens with one attached hydrogen (secondary N) is 3. The van der Waals surface area contributed by atoms with Gasteiger partial charge in [0, 0.05) is 29.8 Å². The molecule has 3 aromatic rings. The highest BCUT2D eigenvalue weighted by Crippen LogP contribution is 2.26. The lowest BCUT2D eigenvalue weighted by Crippen LogP contribution is -2.40. The van der Waals surface area contributed by atoms with E-state index in [-0.39, 0.29) is 5.91 Å². The Balaban J connectivity index is 1.43. The summed E-state index contributed by atoms with van der Waals surface area (Å²) in [6.45, 7) is 1.61. The molecule has 1 unspecified atom stereocenters. The molecule has 1 aromatic heterocycles. The maximum Gasteiger partial charge on any atom is 0.322 e. The first kappa shape index (κ1) is 19.1.